The Morgan fingerprint density at radius 3 is 2.71 bits per heavy atom. The molecule has 1 aliphatic heterocycles. The van der Waals surface area contributed by atoms with E-state index in [1.807, 2.05) is 0 Å². The van der Waals surface area contributed by atoms with Gasteiger partial charge in [0.15, 0.2) is 0 Å². The molecule has 1 saturated heterocycles. The normalized spacial score (nSPS) is 22.4. The van der Waals surface area contributed by atoms with Crippen molar-refractivity contribution >= 4 is 5.91 Å². The van der Waals surface area contributed by atoms with Crippen LogP contribution < -0.4 is 10.6 Å². The van der Waals surface area contributed by atoms with E-state index in [2.05, 4.69) is 21.9 Å². The summed E-state index contributed by atoms with van der Waals surface area (Å²) in [5.74, 6) is 2.25. The van der Waals surface area contributed by atoms with Crippen molar-refractivity contribution in [2.24, 2.45) is 17.8 Å². The van der Waals surface area contributed by atoms with Crippen LogP contribution in [-0.2, 0) is 24.2 Å². The highest BCUT2D eigenvalue weighted by Gasteiger charge is 2.28. The van der Waals surface area contributed by atoms with Gasteiger partial charge in [-0.05, 0) is 61.4 Å². The zero-order valence-corrected chi connectivity index (χ0v) is 18.2. The Labute approximate surface area is 184 Å². The second-order valence-corrected chi connectivity index (χ2v) is 9.32. The van der Waals surface area contributed by atoms with Crippen LogP contribution in [0.15, 0.2) is 34.9 Å². The van der Waals surface area contributed by atoms with E-state index in [9.17, 15) is 9.18 Å². The number of carbonyl (C=O) groups excluding carboxylic acids is 1. The predicted octanol–water partition coefficient (Wildman–Crippen LogP) is 4.41. The van der Waals surface area contributed by atoms with Crippen molar-refractivity contribution in [2.75, 3.05) is 13.1 Å². The van der Waals surface area contributed by atoms with Gasteiger partial charge in [-0.1, -0.05) is 49.4 Å². The van der Waals surface area contributed by atoms with Crippen molar-refractivity contribution in [1.29, 1.82) is 0 Å². The number of amides is 1. The first-order valence-electron chi connectivity index (χ1n) is 11.8. The van der Waals surface area contributed by atoms with Crippen LogP contribution in [0.5, 0.6) is 0 Å². The van der Waals surface area contributed by atoms with Gasteiger partial charge >= 0.3 is 0 Å². The number of carbonyl (C=O) groups is 1. The maximum Gasteiger partial charge on any atom is 0.220 e. The van der Waals surface area contributed by atoms with E-state index >= 15 is 0 Å². The molecule has 31 heavy (non-hydrogen) atoms. The summed E-state index contributed by atoms with van der Waals surface area (Å²) in [6, 6.07) is 8.39. The second kappa shape index (κ2) is 10.9. The van der Waals surface area contributed by atoms with E-state index in [0.29, 0.717) is 24.8 Å². The summed E-state index contributed by atoms with van der Waals surface area (Å²) >= 11 is 0. The summed E-state index contributed by atoms with van der Waals surface area (Å²) in [6.07, 6.45) is 10.00. The lowest BCUT2D eigenvalue weighted by molar-refractivity contribution is -0.122. The fourth-order valence-corrected chi connectivity index (χ4v) is 5.09. The number of halogens is 1. The minimum absolute atomic E-state index is 0.0550. The lowest BCUT2D eigenvalue weighted by Gasteiger charge is -2.31. The van der Waals surface area contributed by atoms with E-state index < -0.39 is 0 Å². The molecule has 1 aliphatic carbocycles. The van der Waals surface area contributed by atoms with Crippen molar-refractivity contribution in [3.8, 4) is 0 Å². The first kappa shape index (κ1) is 22.0. The lowest BCUT2D eigenvalue weighted by Crippen LogP contribution is -2.40. The van der Waals surface area contributed by atoms with Crippen molar-refractivity contribution in [3.05, 3.63) is 53.2 Å². The maximum absolute atomic E-state index is 13.0. The van der Waals surface area contributed by atoms with Crippen LogP contribution in [0.25, 0.3) is 0 Å². The van der Waals surface area contributed by atoms with Crippen LogP contribution in [0.2, 0.25) is 0 Å². The van der Waals surface area contributed by atoms with E-state index in [1.54, 1.807) is 12.1 Å². The molecule has 1 aromatic carbocycles. The highest BCUT2D eigenvalue weighted by molar-refractivity contribution is 5.76. The van der Waals surface area contributed by atoms with Crippen molar-refractivity contribution in [1.82, 2.24) is 15.8 Å². The standard InChI is InChI=1S/C25H34FN3O2/c26-22-8-6-19(7-9-22)16-28-25(30)14-20-10-11-27-17-21(20)13-23-15-24(31-29-23)12-18-4-2-1-3-5-18/h6-9,15,18,20-21,27H,1-5,10-14,16-17H2,(H,28,30)/t20-,21+/m1/s1. The van der Waals surface area contributed by atoms with Crippen LogP contribution in [0.3, 0.4) is 0 Å². The number of piperidine rings is 1. The van der Waals surface area contributed by atoms with Crippen LogP contribution in [0.1, 0.15) is 62.0 Å². The van der Waals surface area contributed by atoms with E-state index in [-0.39, 0.29) is 11.7 Å². The summed E-state index contributed by atoms with van der Waals surface area (Å²) in [4.78, 5) is 12.5. The molecule has 2 atom stereocenters. The Kier molecular flexibility index (Phi) is 7.73. The molecule has 168 valence electrons. The maximum atomic E-state index is 13.0. The SMILES string of the molecule is O=C(C[C@H]1CCNC[C@@H]1Cc1cc(CC2CCCCC2)on1)NCc1ccc(F)cc1. The number of rotatable bonds is 8. The fourth-order valence-electron chi connectivity index (χ4n) is 5.09. The van der Waals surface area contributed by atoms with Gasteiger partial charge in [0.25, 0.3) is 0 Å². The molecule has 0 radical (unpaired) electrons. The Morgan fingerprint density at radius 2 is 1.90 bits per heavy atom. The lowest BCUT2D eigenvalue weighted by atomic mass is 9.81. The summed E-state index contributed by atoms with van der Waals surface area (Å²) in [6.45, 7) is 2.28. The molecule has 1 amide bonds. The predicted molar refractivity (Wildman–Crippen MR) is 118 cm³/mol. The zero-order valence-electron chi connectivity index (χ0n) is 18.2. The molecule has 2 fully saturated rings. The van der Waals surface area contributed by atoms with Gasteiger partial charge < -0.3 is 15.2 Å². The molecule has 0 bridgehead atoms. The van der Waals surface area contributed by atoms with Gasteiger partial charge in [-0.3, -0.25) is 4.79 Å². The van der Waals surface area contributed by atoms with E-state index in [0.717, 1.165) is 55.3 Å². The first-order valence-corrected chi connectivity index (χ1v) is 11.8. The van der Waals surface area contributed by atoms with Crippen molar-refractivity contribution < 1.29 is 13.7 Å². The Balaban J connectivity index is 1.27. The summed E-state index contributed by atoms with van der Waals surface area (Å²) < 4.78 is 18.7. The molecule has 2 N–H and O–H groups in total. The van der Waals surface area contributed by atoms with Crippen molar-refractivity contribution in [3.63, 3.8) is 0 Å². The third-order valence-electron chi connectivity index (χ3n) is 6.91. The Morgan fingerprint density at radius 1 is 1.10 bits per heavy atom. The molecular weight excluding hydrogens is 393 g/mol. The number of hydrogen-bond donors (Lipinski definition) is 2. The van der Waals surface area contributed by atoms with Gasteiger partial charge in [0.05, 0.1) is 5.69 Å². The number of nitrogens with zero attached hydrogens (tertiary/aromatic N) is 1. The molecule has 1 saturated carbocycles. The third kappa shape index (κ3) is 6.63. The van der Waals surface area contributed by atoms with Gasteiger partial charge in [-0.15, -0.1) is 0 Å². The molecule has 0 spiro atoms. The average Bonchev–Trinajstić information content (AvgIpc) is 3.22. The number of benzene rings is 1. The largest absolute Gasteiger partial charge is 0.361 e. The highest BCUT2D eigenvalue weighted by Crippen LogP contribution is 2.29. The Hall–Kier alpha value is -2.21. The molecular formula is C25H34FN3O2. The average molecular weight is 428 g/mol. The number of aromatic nitrogens is 1. The fraction of sp³-hybridized carbons (Fsp3) is 0.600. The minimum Gasteiger partial charge on any atom is -0.361 e. The van der Waals surface area contributed by atoms with E-state index in [1.165, 1.54) is 44.2 Å². The third-order valence-corrected chi connectivity index (χ3v) is 6.91. The molecule has 0 unspecified atom stereocenters. The molecule has 5 nitrogen and oxygen atoms in total. The van der Waals surface area contributed by atoms with Gasteiger partial charge in [-0.25, -0.2) is 4.39 Å². The van der Waals surface area contributed by atoms with Crippen LogP contribution >= 0.6 is 0 Å². The van der Waals surface area contributed by atoms with E-state index in [4.69, 9.17) is 4.52 Å². The van der Waals surface area contributed by atoms with Crippen LogP contribution in [-0.4, -0.2) is 24.2 Å². The number of nitrogens with one attached hydrogen (secondary N) is 2. The van der Waals surface area contributed by atoms with Crippen LogP contribution in [0.4, 0.5) is 4.39 Å². The molecule has 2 heterocycles. The van der Waals surface area contributed by atoms with Gasteiger partial charge in [-0.2, -0.15) is 0 Å². The van der Waals surface area contributed by atoms with Gasteiger partial charge in [0, 0.05) is 25.5 Å². The molecule has 2 aromatic rings. The smallest absolute Gasteiger partial charge is 0.220 e. The quantitative estimate of drug-likeness (QED) is 0.655. The molecule has 2 aliphatic rings. The highest BCUT2D eigenvalue weighted by atomic mass is 19.1. The zero-order chi connectivity index (χ0) is 21.5. The monoisotopic (exact) mass is 427 g/mol. The molecule has 6 heteroatoms. The minimum atomic E-state index is -0.262. The Bertz CT molecular complexity index is 830. The second-order valence-electron chi connectivity index (χ2n) is 9.32. The summed E-state index contributed by atoms with van der Waals surface area (Å²) in [5.41, 5.74) is 1.92. The van der Waals surface area contributed by atoms with Gasteiger partial charge in [0.2, 0.25) is 5.91 Å². The number of hydrogen-bond acceptors (Lipinski definition) is 4. The summed E-state index contributed by atoms with van der Waals surface area (Å²) in [5, 5.41) is 10.8. The van der Waals surface area contributed by atoms with Gasteiger partial charge in [0.1, 0.15) is 11.6 Å². The molecule has 4 rings (SSSR count). The van der Waals surface area contributed by atoms with Crippen LogP contribution in [0, 0.1) is 23.6 Å². The summed E-state index contributed by atoms with van der Waals surface area (Å²) in [7, 11) is 0. The molecule has 1 aromatic heterocycles. The topological polar surface area (TPSA) is 67.2 Å². The first-order chi connectivity index (χ1) is 15.2. The van der Waals surface area contributed by atoms with Crippen molar-refractivity contribution in [2.45, 2.75) is 64.3 Å².